The smallest absolute Gasteiger partial charge is 0.268 e. The van der Waals surface area contributed by atoms with Crippen LogP contribution in [-0.2, 0) is 6.42 Å². The fourth-order valence-electron chi connectivity index (χ4n) is 5.10. The molecule has 0 radical (unpaired) electrons. The van der Waals surface area contributed by atoms with E-state index in [0.29, 0.717) is 50.0 Å². The molecule has 10 heteroatoms. The Hall–Kier alpha value is -5.48. The molecule has 6 aromatic rings. The Morgan fingerprint density at radius 1 is 0.738 bits per heavy atom. The van der Waals surface area contributed by atoms with Crippen LogP contribution in [0.2, 0.25) is 0 Å². The largest absolute Gasteiger partial charge is 0.507 e. The van der Waals surface area contributed by atoms with Crippen LogP contribution in [0.1, 0.15) is 26.3 Å². The van der Waals surface area contributed by atoms with E-state index in [2.05, 4.69) is 10.2 Å². The summed E-state index contributed by atoms with van der Waals surface area (Å²) in [5.41, 5.74) is 3.00. The van der Waals surface area contributed by atoms with Crippen molar-refractivity contribution in [2.45, 2.75) is 6.42 Å². The number of hydrogen-bond acceptors (Lipinski definition) is 8. The summed E-state index contributed by atoms with van der Waals surface area (Å²) >= 11 is 1.17. The van der Waals surface area contributed by atoms with Crippen LogP contribution in [0, 0.1) is 0 Å². The van der Waals surface area contributed by atoms with Crippen LogP contribution in [0.25, 0.3) is 38.0 Å². The van der Waals surface area contributed by atoms with Gasteiger partial charge in [-0.3, -0.25) is 19.3 Å². The fourth-order valence-corrected chi connectivity index (χ4v) is 5.98. The monoisotopic (exact) mass is 571 g/mol. The molecule has 0 unspecified atom stereocenters. The molecule has 1 N–H and O–H groups in total. The molecule has 0 bridgehead atoms. The Morgan fingerprint density at radius 3 is 2.12 bits per heavy atom. The van der Waals surface area contributed by atoms with Crippen LogP contribution in [0.5, 0.6) is 5.75 Å². The van der Waals surface area contributed by atoms with Gasteiger partial charge in [0.1, 0.15) is 11.6 Å². The van der Waals surface area contributed by atoms with E-state index in [4.69, 9.17) is 4.98 Å². The van der Waals surface area contributed by atoms with Crippen molar-refractivity contribution in [3.05, 3.63) is 124 Å². The zero-order valence-corrected chi connectivity index (χ0v) is 22.8. The highest BCUT2D eigenvalue weighted by Crippen LogP contribution is 2.33. The van der Waals surface area contributed by atoms with Crippen LogP contribution in [0.15, 0.2) is 102 Å². The summed E-state index contributed by atoms with van der Waals surface area (Å²) < 4.78 is 1.44. The SMILES string of the molecule is O=C1c2ccccc2C(=O)N1CCc1ccc2nc(-c3ccccc3)n(-c3nnc(-c4ccccc4O)s3)c(=O)c2c1. The third kappa shape index (κ3) is 4.25. The molecular weight excluding hydrogens is 550 g/mol. The van der Waals surface area contributed by atoms with Crippen molar-refractivity contribution in [1.29, 1.82) is 0 Å². The van der Waals surface area contributed by atoms with Crippen molar-refractivity contribution in [3.8, 4) is 32.8 Å². The Kier molecular flexibility index (Phi) is 6.17. The van der Waals surface area contributed by atoms with Crippen LogP contribution in [0.3, 0.4) is 0 Å². The molecule has 1 aliphatic heterocycles. The second-order valence-corrected chi connectivity index (χ2v) is 10.7. The number of amides is 2. The van der Waals surface area contributed by atoms with Gasteiger partial charge in [0.25, 0.3) is 17.4 Å². The maximum absolute atomic E-state index is 14.1. The van der Waals surface area contributed by atoms with E-state index in [1.54, 1.807) is 60.7 Å². The van der Waals surface area contributed by atoms with Gasteiger partial charge in [0.05, 0.1) is 27.6 Å². The summed E-state index contributed by atoms with van der Waals surface area (Å²) in [7, 11) is 0. The summed E-state index contributed by atoms with van der Waals surface area (Å²) in [4.78, 5) is 45.8. The molecule has 42 heavy (non-hydrogen) atoms. The number of para-hydroxylation sites is 1. The highest BCUT2D eigenvalue weighted by atomic mass is 32.1. The van der Waals surface area contributed by atoms with Crippen LogP contribution >= 0.6 is 11.3 Å². The summed E-state index contributed by atoms with van der Waals surface area (Å²) in [6.45, 7) is 0.182. The molecule has 7 rings (SSSR count). The minimum absolute atomic E-state index is 0.0650. The number of aromatic nitrogens is 4. The van der Waals surface area contributed by atoms with Crippen molar-refractivity contribution in [2.75, 3.05) is 6.54 Å². The summed E-state index contributed by atoms with van der Waals surface area (Å²) in [5.74, 6) is -0.157. The predicted octanol–water partition coefficient (Wildman–Crippen LogP) is 5.12. The number of hydrogen-bond donors (Lipinski definition) is 1. The highest BCUT2D eigenvalue weighted by Gasteiger charge is 2.34. The van der Waals surface area contributed by atoms with Crippen LogP contribution in [0.4, 0.5) is 0 Å². The zero-order chi connectivity index (χ0) is 28.8. The number of carbonyl (C=O) groups is 2. The lowest BCUT2D eigenvalue weighted by Gasteiger charge is -2.14. The number of nitrogens with zero attached hydrogens (tertiary/aromatic N) is 5. The van der Waals surface area contributed by atoms with Gasteiger partial charge in [-0.1, -0.05) is 72.0 Å². The van der Waals surface area contributed by atoms with Crippen LogP contribution < -0.4 is 5.56 Å². The molecule has 0 saturated heterocycles. The number of fused-ring (bicyclic) bond motifs is 2. The molecular formula is C32H21N5O4S. The predicted molar refractivity (Wildman–Crippen MR) is 159 cm³/mol. The molecule has 0 saturated carbocycles. The van der Waals surface area contributed by atoms with E-state index >= 15 is 0 Å². The number of phenols is 1. The molecule has 0 fully saturated rings. The van der Waals surface area contributed by atoms with Crippen molar-refractivity contribution in [2.24, 2.45) is 0 Å². The summed E-state index contributed by atoms with van der Waals surface area (Å²) in [5, 5.41) is 20.0. The Morgan fingerprint density at radius 2 is 1.40 bits per heavy atom. The Bertz CT molecular complexity index is 2050. The van der Waals surface area contributed by atoms with Gasteiger partial charge in [-0.05, 0) is 48.4 Å². The first kappa shape index (κ1) is 25.5. The second kappa shape index (κ2) is 10.2. The minimum atomic E-state index is -0.332. The van der Waals surface area contributed by atoms with E-state index in [0.717, 1.165) is 11.1 Å². The molecule has 9 nitrogen and oxygen atoms in total. The van der Waals surface area contributed by atoms with Crippen LogP contribution in [-0.4, -0.2) is 48.1 Å². The number of phenolic OH excluding ortho intramolecular Hbond substituents is 1. The lowest BCUT2D eigenvalue weighted by atomic mass is 10.1. The topological polar surface area (TPSA) is 118 Å². The van der Waals surface area contributed by atoms with E-state index in [-0.39, 0.29) is 29.7 Å². The second-order valence-electron chi connectivity index (χ2n) is 9.76. The maximum atomic E-state index is 14.1. The molecule has 2 aromatic heterocycles. The third-order valence-electron chi connectivity index (χ3n) is 7.21. The first-order valence-electron chi connectivity index (χ1n) is 13.2. The number of rotatable bonds is 6. The summed E-state index contributed by atoms with van der Waals surface area (Å²) in [6.07, 6.45) is 0.373. The molecule has 0 spiro atoms. The van der Waals surface area contributed by atoms with Crippen molar-refractivity contribution in [1.82, 2.24) is 24.6 Å². The molecule has 204 valence electrons. The van der Waals surface area contributed by atoms with Gasteiger partial charge in [-0.2, -0.15) is 0 Å². The van der Waals surface area contributed by atoms with Gasteiger partial charge in [-0.25, -0.2) is 9.55 Å². The van der Waals surface area contributed by atoms with E-state index < -0.39 is 0 Å². The lowest BCUT2D eigenvalue weighted by molar-refractivity contribution is 0.0656. The maximum Gasteiger partial charge on any atom is 0.268 e. The van der Waals surface area contributed by atoms with Crippen molar-refractivity contribution in [3.63, 3.8) is 0 Å². The third-order valence-corrected chi connectivity index (χ3v) is 8.15. The number of aromatic hydroxyl groups is 1. The molecule has 4 aromatic carbocycles. The molecule has 0 aliphatic carbocycles. The van der Waals surface area contributed by atoms with Gasteiger partial charge in [0.15, 0.2) is 5.01 Å². The zero-order valence-electron chi connectivity index (χ0n) is 22.0. The first-order chi connectivity index (χ1) is 20.5. The van der Waals surface area contributed by atoms with Gasteiger partial charge in [0.2, 0.25) is 5.13 Å². The van der Waals surface area contributed by atoms with Gasteiger partial charge >= 0.3 is 0 Å². The number of benzene rings is 4. The van der Waals surface area contributed by atoms with Gasteiger partial charge in [0, 0.05) is 12.1 Å². The normalized spacial score (nSPS) is 12.7. The first-order valence-corrected chi connectivity index (χ1v) is 14.0. The van der Waals surface area contributed by atoms with Gasteiger partial charge in [-0.15, -0.1) is 10.2 Å². The average molecular weight is 572 g/mol. The Labute approximate surface area is 243 Å². The molecule has 0 atom stereocenters. The van der Waals surface area contributed by atoms with E-state index in [1.165, 1.54) is 20.8 Å². The minimum Gasteiger partial charge on any atom is -0.507 e. The number of carbonyl (C=O) groups excluding carboxylic acids is 2. The fraction of sp³-hybridized carbons (Fsp3) is 0.0625. The van der Waals surface area contributed by atoms with Crippen molar-refractivity contribution < 1.29 is 14.7 Å². The molecule has 2 amide bonds. The van der Waals surface area contributed by atoms with E-state index in [9.17, 15) is 19.5 Å². The Balaban J connectivity index is 1.29. The molecule has 3 heterocycles. The quantitative estimate of drug-likeness (QED) is 0.276. The average Bonchev–Trinajstić information content (AvgIpc) is 3.59. The lowest BCUT2D eigenvalue weighted by Crippen LogP contribution is -2.31. The number of imide groups is 1. The molecule has 1 aliphatic rings. The van der Waals surface area contributed by atoms with Gasteiger partial charge < -0.3 is 5.11 Å². The highest BCUT2D eigenvalue weighted by molar-refractivity contribution is 7.17. The van der Waals surface area contributed by atoms with E-state index in [1.807, 2.05) is 36.4 Å². The standard InChI is InChI=1S/C32H21N5O4S/c38-26-13-7-6-12-23(26)28-34-35-32(42-28)37-27(20-8-2-1-3-9-20)33-25-15-14-19(18-24(25)31(37)41)16-17-36-29(39)21-10-4-5-11-22(21)30(36)40/h1-15,18,38H,16-17H2. The van der Waals surface area contributed by atoms with Crippen molar-refractivity contribution >= 4 is 34.1 Å². The summed E-state index contributed by atoms with van der Waals surface area (Å²) in [6, 6.07) is 28.3.